The number of alkyl halides is 1. The number of hydrogen-bond donors (Lipinski definition) is 0. The molecule has 0 saturated heterocycles. The van der Waals surface area contributed by atoms with E-state index in [4.69, 9.17) is 6.42 Å². The molecule has 0 heterocycles. The van der Waals surface area contributed by atoms with E-state index in [0.29, 0.717) is 4.05 Å². The lowest BCUT2D eigenvalue weighted by molar-refractivity contribution is -0.924. The van der Waals surface area contributed by atoms with Gasteiger partial charge in [-0.2, -0.15) is 0 Å². The van der Waals surface area contributed by atoms with E-state index in [0.717, 1.165) is 17.6 Å². The second-order valence-corrected chi connectivity index (χ2v) is 4.61. The fourth-order valence-corrected chi connectivity index (χ4v) is 2.67. The van der Waals surface area contributed by atoms with Gasteiger partial charge in [0.05, 0.1) is 19.6 Å². The van der Waals surface area contributed by atoms with E-state index in [1.165, 1.54) is 19.4 Å². The van der Waals surface area contributed by atoms with Crippen LogP contribution in [0.1, 0.15) is 33.6 Å². The highest BCUT2D eigenvalue weighted by molar-refractivity contribution is 14.1. The quantitative estimate of drug-likeness (QED) is 0.232. The Morgan fingerprint density at radius 2 is 1.85 bits per heavy atom. The van der Waals surface area contributed by atoms with E-state index in [9.17, 15) is 0 Å². The van der Waals surface area contributed by atoms with Crippen molar-refractivity contribution in [3.05, 3.63) is 0 Å². The monoisotopic (exact) mass is 294 g/mol. The third kappa shape index (κ3) is 3.47. The molecule has 0 aliphatic carbocycles. The number of halogens is 1. The normalized spacial score (nSPS) is 13.8. The van der Waals surface area contributed by atoms with Gasteiger partial charge < -0.3 is 4.48 Å². The lowest BCUT2D eigenvalue weighted by atomic mass is 10.2. The number of terminal acetylenes is 1. The molecular weight excluding hydrogens is 273 g/mol. The fraction of sp³-hybridized carbons (Fsp3) is 0.818. The summed E-state index contributed by atoms with van der Waals surface area (Å²) in [5.74, 6) is 2.88. The summed E-state index contributed by atoms with van der Waals surface area (Å²) in [6.45, 7) is 10.2. The van der Waals surface area contributed by atoms with Gasteiger partial charge >= 0.3 is 0 Å². The third-order valence-corrected chi connectivity index (χ3v) is 4.38. The number of rotatable bonds is 6. The van der Waals surface area contributed by atoms with Crippen LogP contribution >= 0.6 is 22.6 Å². The molecule has 0 bridgehead atoms. The maximum absolute atomic E-state index is 5.51. The van der Waals surface area contributed by atoms with E-state index >= 15 is 0 Å². The van der Waals surface area contributed by atoms with E-state index in [1.54, 1.807) is 0 Å². The Bertz CT molecular complexity index is 167. The summed E-state index contributed by atoms with van der Waals surface area (Å²) in [7, 11) is 0. The zero-order valence-electron chi connectivity index (χ0n) is 9.02. The van der Waals surface area contributed by atoms with Crippen LogP contribution in [0.5, 0.6) is 0 Å². The highest BCUT2D eigenvalue weighted by Gasteiger charge is 2.29. The van der Waals surface area contributed by atoms with Gasteiger partial charge in [0, 0.05) is 22.6 Å². The van der Waals surface area contributed by atoms with Crippen LogP contribution < -0.4 is 0 Å². The molecule has 1 nitrogen and oxygen atoms in total. The van der Waals surface area contributed by atoms with E-state index in [1.807, 2.05) is 0 Å². The first-order valence-electron chi connectivity index (χ1n) is 5.12. The third-order valence-electron chi connectivity index (χ3n) is 2.83. The minimum Gasteiger partial charge on any atom is -0.303 e. The first-order valence-corrected chi connectivity index (χ1v) is 6.37. The maximum atomic E-state index is 5.51. The first kappa shape index (κ1) is 13.2. The van der Waals surface area contributed by atoms with Crippen LogP contribution in [0.4, 0.5) is 0 Å². The highest BCUT2D eigenvalue weighted by Crippen LogP contribution is 2.20. The topological polar surface area (TPSA) is 0 Å². The van der Waals surface area contributed by atoms with Crippen LogP contribution in [0.2, 0.25) is 0 Å². The second kappa shape index (κ2) is 6.67. The molecular formula is C11H21IN+. The lowest BCUT2D eigenvalue weighted by Gasteiger charge is -2.38. The Morgan fingerprint density at radius 1 is 1.31 bits per heavy atom. The summed E-state index contributed by atoms with van der Waals surface area (Å²) in [5, 5.41) is 0. The fourth-order valence-electron chi connectivity index (χ4n) is 1.60. The van der Waals surface area contributed by atoms with Crippen LogP contribution in [0.3, 0.4) is 0 Å². The summed E-state index contributed by atoms with van der Waals surface area (Å²) in [5.41, 5.74) is 0. The van der Waals surface area contributed by atoms with Gasteiger partial charge in [-0.3, -0.25) is 0 Å². The average molecular weight is 294 g/mol. The number of nitrogens with zero attached hydrogens (tertiary/aromatic N) is 1. The van der Waals surface area contributed by atoms with Gasteiger partial charge in [0.25, 0.3) is 0 Å². The average Bonchev–Trinajstić information content (AvgIpc) is 2.19. The van der Waals surface area contributed by atoms with E-state index in [2.05, 4.69) is 49.3 Å². The van der Waals surface area contributed by atoms with Crippen molar-refractivity contribution in [2.24, 2.45) is 0 Å². The zero-order chi connectivity index (χ0) is 10.3. The predicted octanol–water partition coefficient (Wildman–Crippen LogP) is 3.04. The lowest BCUT2D eigenvalue weighted by Crippen LogP contribution is -2.52. The Labute approximate surface area is 96.6 Å². The molecule has 13 heavy (non-hydrogen) atoms. The van der Waals surface area contributed by atoms with Gasteiger partial charge in [0.2, 0.25) is 4.05 Å². The molecule has 0 aromatic rings. The smallest absolute Gasteiger partial charge is 0.200 e. The molecule has 0 rings (SSSR count). The van der Waals surface area contributed by atoms with Crippen molar-refractivity contribution in [1.29, 1.82) is 0 Å². The van der Waals surface area contributed by atoms with Gasteiger partial charge in [-0.05, 0) is 26.2 Å². The highest BCUT2D eigenvalue weighted by atomic mass is 127. The minimum absolute atomic E-state index is 0.333. The van der Waals surface area contributed by atoms with Crippen LogP contribution in [-0.2, 0) is 0 Å². The van der Waals surface area contributed by atoms with Crippen molar-refractivity contribution in [3.8, 4) is 12.3 Å². The molecule has 1 unspecified atom stereocenters. The van der Waals surface area contributed by atoms with Crippen LogP contribution in [-0.4, -0.2) is 28.2 Å². The van der Waals surface area contributed by atoms with Crippen LogP contribution in [0.25, 0.3) is 0 Å². The van der Waals surface area contributed by atoms with Gasteiger partial charge in [-0.1, -0.05) is 13.3 Å². The molecule has 0 radical (unpaired) electrons. The van der Waals surface area contributed by atoms with Crippen molar-refractivity contribution >= 4 is 22.6 Å². The SMILES string of the molecule is C#CC(I)[N+](CC)(CC)CCCC. The van der Waals surface area contributed by atoms with Crippen molar-refractivity contribution < 1.29 is 4.48 Å². The predicted molar refractivity (Wildman–Crippen MR) is 67.8 cm³/mol. The van der Waals surface area contributed by atoms with Gasteiger partial charge in [0.15, 0.2) is 0 Å². The summed E-state index contributed by atoms with van der Waals surface area (Å²) < 4.78 is 1.41. The molecule has 0 aromatic carbocycles. The molecule has 0 aliphatic heterocycles. The van der Waals surface area contributed by atoms with E-state index in [-0.39, 0.29) is 0 Å². The number of unbranched alkanes of at least 4 members (excludes halogenated alkanes) is 1. The largest absolute Gasteiger partial charge is 0.303 e. The second-order valence-electron chi connectivity index (χ2n) is 3.43. The summed E-state index contributed by atoms with van der Waals surface area (Å²) in [6, 6.07) is 0. The number of hydrogen-bond acceptors (Lipinski definition) is 0. The maximum Gasteiger partial charge on any atom is 0.200 e. The van der Waals surface area contributed by atoms with Gasteiger partial charge in [0.1, 0.15) is 0 Å². The number of quaternary nitrogens is 1. The Kier molecular flexibility index (Phi) is 6.79. The standard InChI is InChI=1S/C11H21IN/c1-5-9-10-13(7-3,8-4)11(12)6-2/h2,11H,5,7-10H2,1,3-4H3/q+1. The van der Waals surface area contributed by atoms with Crippen molar-refractivity contribution in [1.82, 2.24) is 0 Å². The molecule has 0 aromatic heterocycles. The molecule has 2 heteroatoms. The van der Waals surface area contributed by atoms with Gasteiger partial charge in [-0.15, -0.1) is 6.42 Å². The molecule has 0 saturated carbocycles. The van der Waals surface area contributed by atoms with E-state index < -0.39 is 0 Å². The van der Waals surface area contributed by atoms with Crippen molar-refractivity contribution in [2.75, 3.05) is 19.6 Å². The van der Waals surface area contributed by atoms with Gasteiger partial charge in [-0.25, -0.2) is 0 Å². The summed E-state index contributed by atoms with van der Waals surface area (Å²) in [6.07, 6.45) is 8.05. The molecule has 0 fully saturated rings. The minimum atomic E-state index is 0.333. The zero-order valence-corrected chi connectivity index (χ0v) is 11.2. The molecule has 0 N–H and O–H groups in total. The summed E-state index contributed by atoms with van der Waals surface area (Å²) >= 11 is 2.40. The summed E-state index contributed by atoms with van der Waals surface area (Å²) in [4.78, 5) is 0. The first-order chi connectivity index (χ1) is 6.16. The molecule has 76 valence electrons. The van der Waals surface area contributed by atoms with Crippen LogP contribution in [0, 0.1) is 12.3 Å². The molecule has 0 aliphatic rings. The Hall–Kier alpha value is 0.250. The Balaban J connectivity index is 4.41. The van der Waals surface area contributed by atoms with Crippen molar-refractivity contribution in [3.63, 3.8) is 0 Å². The van der Waals surface area contributed by atoms with Crippen LogP contribution in [0.15, 0.2) is 0 Å². The Morgan fingerprint density at radius 3 is 2.15 bits per heavy atom. The molecule has 0 amide bonds. The van der Waals surface area contributed by atoms with Crippen molar-refractivity contribution in [2.45, 2.75) is 37.7 Å². The molecule has 0 spiro atoms. The molecule has 1 atom stereocenters.